The van der Waals surface area contributed by atoms with Crippen molar-refractivity contribution in [2.75, 3.05) is 24.6 Å². The van der Waals surface area contributed by atoms with Gasteiger partial charge in [-0.1, -0.05) is 12.1 Å². The molecule has 1 unspecified atom stereocenters. The number of carbonyl (C=O) groups excluding carboxylic acids is 1. The van der Waals surface area contributed by atoms with Crippen molar-refractivity contribution < 1.29 is 19.0 Å². The molecule has 1 saturated heterocycles. The van der Waals surface area contributed by atoms with Crippen LogP contribution in [0.5, 0.6) is 0 Å². The van der Waals surface area contributed by atoms with Crippen molar-refractivity contribution in [3.05, 3.63) is 59.5 Å². The molecule has 1 atom stereocenters. The van der Waals surface area contributed by atoms with Crippen molar-refractivity contribution in [1.82, 2.24) is 4.98 Å². The summed E-state index contributed by atoms with van der Waals surface area (Å²) >= 11 is 0. The van der Waals surface area contributed by atoms with E-state index in [-0.39, 0.29) is 17.7 Å². The third-order valence-electron chi connectivity index (χ3n) is 4.78. The van der Waals surface area contributed by atoms with Gasteiger partial charge < -0.3 is 14.7 Å². The Kier molecular flexibility index (Phi) is 5.83. The van der Waals surface area contributed by atoms with Gasteiger partial charge in [0.05, 0.1) is 12.7 Å². The molecule has 1 fully saturated rings. The van der Waals surface area contributed by atoms with E-state index in [0.29, 0.717) is 31.1 Å². The number of nitrogens with zero attached hydrogens (tertiary/aromatic N) is 2. The molecule has 0 spiro atoms. The molecule has 26 heavy (non-hydrogen) atoms. The molecule has 0 radical (unpaired) electrons. The van der Waals surface area contributed by atoms with Crippen LogP contribution < -0.4 is 4.90 Å². The third-order valence-corrected chi connectivity index (χ3v) is 4.78. The zero-order valence-electron chi connectivity index (χ0n) is 14.8. The van der Waals surface area contributed by atoms with Crippen LogP contribution in [0.1, 0.15) is 41.8 Å². The summed E-state index contributed by atoms with van der Waals surface area (Å²) in [4.78, 5) is 18.6. The summed E-state index contributed by atoms with van der Waals surface area (Å²) in [6.07, 6.45) is 2.57. The first kappa shape index (κ1) is 18.3. The summed E-state index contributed by atoms with van der Waals surface area (Å²) in [6, 6.07) is 9.44. The highest BCUT2D eigenvalue weighted by Gasteiger charge is 2.28. The van der Waals surface area contributed by atoms with Gasteiger partial charge in [-0.15, -0.1) is 0 Å². The van der Waals surface area contributed by atoms with Crippen molar-refractivity contribution in [2.24, 2.45) is 5.92 Å². The second-order valence-corrected chi connectivity index (χ2v) is 6.42. The lowest BCUT2D eigenvalue weighted by molar-refractivity contribution is 0.0526. The van der Waals surface area contributed by atoms with E-state index in [1.165, 1.54) is 12.1 Å². The lowest BCUT2D eigenvalue weighted by atomic mass is 9.87. The molecule has 3 rings (SSSR count). The molecule has 1 N–H and O–H groups in total. The zero-order valence-corrected chi connectivity index (χ0v) is 14.8. The molecule has 0 saturated carbocycles. The van der Waals surface area contributed by atoms with E-state index in [0.717, 1.165) is 18.4 Å². The lowest BCUT2D eigenvalue weighted by Crippen LogP contribution is -2.37. The highest BCUT2D eigenvalue weighted by Crippen LogP contribution is 2.33. The minimum absolute atomic E-state index is 0.0893. The molecule has 1 aromatic heterocycles. The standard InChI is InChI=1S/C20H23FN2O3/c1-2-26-20(25)17-4-3-11-22-19(17)23-12-9-15(10-13-23)18(24)14-5-7-16(21)8-6-14/h3-8,11,15,18,24H,2,9-10,12-13H2,1H3. The molecule has 2 heterocycles. The Balaban J connectivity index is 1.67. The minimum atomic E-state index is -0.619. The number of carbonyl (C=O) groups is 1. The van der Waals surface area contributed by atoms with E-state index in [9.17, 15) is 14.3 Å². The fourth-order valence-electron chi connectivity index (χ4n) is 3.38. The average Bonchev–Trinajstić information content (AvgIpc) is 2.68. The molecule has 5 nitrogen and oxygen atoms in total. The molecular weight excluding hydrogens is 335 g/mol. The van der Waals surface area contributed by atoms with Gasteiger partial charge in [-0.2, -0.15) is 0 Å². The number of ether oxygens (including phenoxy) is 1. The van der Waals surface area contributed by atoms with Gasteiger partial charge in [-0.25, -0.2) is 14.2 Å². The van der Waals surface area contributed by atoms with Gasteiger partial charge in [0.2, 0.25) is 0 Å². The van der Waals surface area contributed by atoms with Crippen molar-refractivity contribution in [3.8, 4) is 0 Å². The molecule has 1 aliphatic rings. The number of rotatable bonds is 5. The molecule has 6 heteroatoms. The highest BCUT2D eigenvalue weighted by atomic mass is 19.1. The number of esters is 1. The minimum Gasteiger partial charge on any atom is -0.462 e. The van der Waals surface area contributed by atoms with Crippen LogP contribution in [-0.4, -0.2) is 35.8 Å². The fourth-order valence-corrected chi connectivity index (χ4v) is 3.38. The van der Waals surface area contributed by atoms with E-state index in [1.54, 1.807) is 37.4 Å². The summed E-state index contributed by atoms with van der Waals surface area (Å²) in [5, 5.41) is 10.6. The van der Waals surface area contributed by atoms with Crippen molar-refractivity contribution in [2.45, 2.75) is 25.9 Å². The Hall–Kier alpha value is -2.47. The van der Waals surface area contributed by atoms with Crippen molar-refractivity contribution in [1.29, 1.82) is 0 Å². The van der Waals surface area contributed by atoms with E-state index in [2.05, 4.69) is 9.88 Å². The Morgan fingerprint density at radius 3 is 2.65 bits per heavy atom. The fraction of sp³-hybridized carbons (Fsp3) is 0.400. The van der Waals surface area contributed by atoms with Crippen molar-refractivity contribution in [3.63, 3.8) is 0 Å². The molecule has 0 aliphatic carbocycles. The molecule has 1 aliphatic heterocycles. The van der Waals surface area contributed by atoms with Crippen LogP contribution in [-0.2, 0) is 4.74 Å². The average molecular weight is 358 g/mol. The van der Waals surface area contributed by atoms with E-state index in [4.69, 9.17) is 4.74 Å². The Morgan fingerprint density at radius 1 is 1.31 bits per heavy atom. The number of aromatic nitrogens is 1. The normalized spacial score (nSPS) is 16.3. The largest absolute Gasteiger partial charge is 0.462 e. The summed E-state index contributed by atoms with van der Waals surface area (Å²) in [5.41, 5.74) is 1.20. The van der Waals surface area contributed by atoms with Crippen LogP contribution >= 0.6 is 0 Å². The zero-order chi connectivity index (χ0) is 18.5. The predicted molar refractivity (Wildman–Crippen MR) is 96.5 cm³/mol. The quantitative estimate of drug-likeness (QED) is 0.831. The van der Waals surface area contributed by atoms with Crippen LogP contribution in [0, 0.1) is 11.7 Å². The first-order valence-corrected chi connectivity index (χ1v) is 8.90. The van der Waals surface area contributed by atoms with E-state index >= 15 is 0 Å². The Bertz CT molecular complexity index is 743. The molecule has 2 aromatic rings. The number of hydrogen-bond donors (Lipinski definition) is 1. The van der Waals surface area contributed by atoms with Gasteiger partial charge in [0, 0.05) is 19.3 Å². The number of pyridine rings is 1. The van der Waals surface area contributed by atoms with Crippen LogP contribution in [0.2, 0.25) is 0 Å². The number of aliphatic hydroxyl groups excluding tert-OH is 1. The number of anilines is 1. The third kappa shape index (κ3) is 4.02. The van der Waals surface area contributed by atoms with Crippen LogP contribution in [0.4, 0.5) is 10.2 Å². The van der Waals surface area contributed by atoms with Crippen LogP contribution in [0.3, 0.4) is 0 Å². The predicted octanol–water partition coefficient (Wildman–Crippen LogP) is 3.35. The summed E-state index contributed by atoms with van der Waals surface area (Å²) < 4.78 is 18.2. The number of benzene rings is 1. The monoisotopic (exact) mass is 358 g/mol. The van der Waals surface area contributed by atoms with E-state index in [1.807, 2.05) is 0 Å². The Labute approximate surface area is 152 Å². The lowest BCUT2D eigenvalue weighted by Gasteiger charge is -2.35. The maximum absolute atomic E-state index is 13.1. The van der Waals surface area contributed by atoms with Crippen molar-refractivity contribution >= 4 is 11.8 Å². The maximum Gasteiger partial charge on any atom is 0.341 e. The number of hydrogen-bond acceptors (Lipinski definition) is 5. The molecule has 0 bridgehead atoms. The summed E-state index contributed by atoms with van der Waals surface area (Å²) in [6.45, 7) is 3.47. The summed E-state index contributed by atoms with van der Waals surface area (Å²) in [5.74, 6) is 0.0358. The van der Waals surface area contributed by atoms with Gasteiger partial charge in [0.15, 0.2) is 0 Å². The second kappa shape index (κ2) is 8.27. The molecular formula is C20H23FN2O3. The summed E-state index contributed by atoms with van der Waals surface area (Å²) in [7, 11) is 0. The molecule has 1 aromatic carbocycles. The second-order valence-electron chi connectivity index (χ2n) is 6.42. The van der Waals surface area contributed by atoms with Crippen LogP contribution in [0.15, 0.2) is 42.6 Å². The number of aliphatic hydroxyl groups is 1. The Morgan fingerprint density at radius 2 is 2.00 bits per heavy atom. The van der Waals surface area contributed by atoms with Gasteiger partial charge in [0.1, 0.15) is 17.2 Å². The smallest absolute Gasteiger partial charge is 0.341 e. The number of piperidine rings is 1. The van der Waals surface area contributed by atoms with Crippen LogP contribution in [0.25, 0.3) is 0 Å². The SMILES string of the molecule is CCOC(=O)c1cccnc1N1CCC(C(O)c2ccc(F)cc2)CC1. The maximum atomic E-state index is 13.1. The topological polar surface area (TPSA) is 62.7 Å². The van der Waals surface area contributed by atoms with Gasteiger partial charge in [0.25, 0.3) is 0 Å². The van der Waals surface area contributed by atoms with E-state index < -0.39 is 6.10 Å². The first-order chi connectivity index (χ1) is 12.6. The van der Waals surface area contributed by atoms with Gasteiger partial charge in [-0.3, -0.25) is 0 Å². The first-order valence-electron chi connectivity index (χ1n) is 8.90. The molecule has 138 valence electrons. The van der Waals surface area contributed by atoms with Gasteiger partial charge >= 0.3 is 5.97 Å². The highest BCUT2D eigenvalue weighted by molar-refractivity contribution is 5.94. The van der Waals surface area contributed by atoms with Gasteiger partial charge in [-0.05, 0) is 55.5 Å². The molecule has 0 amide bonds. The number of halogens is 1.